The summed E-state index contributed by atoms with van der Waals surface area (Å²) in [6, 6.07) is 25.1. The van der Waals surface area contributed by atoms with Crippen LogP contribution in [0.1, 0.15) is 80.3 Å². The second-order valence-electron chi connectivity index (χ2n) is 11.7. The van der Waals surface area contributed by atoms with Gasteiger partial charge in [-0.2, -0.15) is 0 Å². The molecule has 0 N–H and O–H groups in total. The van der Waals surface area contributed by atoms with Crippen LogP contribution in [0.3, 0.4) is 0 Å². The molecule has 2 aliphatic heterocycles. The molecule has 0 spiro atoms. The molecule has 4 aromatic carbocycles. The van der Waals surface area contributed by atoms with Crippen LogP contribution in [0, 0.1) is 0 Å². The lowest BCUT2D eigenvalue weighted by Gasteiger charge is -2.26. The van der Waals surface area contributed by atoms with Gasteiger partial charge in [-0.1, -0.05) is 51.3 Å². The Labute approximate surface area is 260 Å². The van der Waals surface area contributed by atoms with E-state index in [1.165, 1.54) is 0 Å². The van der Waals surface area contributed by atoms with Gasteiger partial charge in [0.1, 0.15) is 23.0 Å². The quantitative estimate of drug-likeness (QED) is 0.192. The number of benzene rings is 4. The molecule has 0 aromatic heterocycles. The highest BCUT2D eigenvalue weighted by molar-refractivity contribution is 6.23. The smallest absolute Gasteiger partial charge is 0.265 e. The predicted molar refractivity (Wildman–Crippen MR) is 169 cm³/mol. The minimum atomic E-state index is -0.407. The molecule has 0 radical (unpaired) electrons. The van der Waals surface area contributed by atoms with Crippen molar-refractivity contribution in [3.8, 4) is 23.0 Å². The summed E-state index contributed by atoms with van der Waals surface area (Å²) in [5, 5.41) is 0. The van der Waals surface area contributed by atoms with Gasteiger partial charge < -0.3 is 9.47 Å². The maximum Gasteiger partial charge on any atom is 0.265 e. The van der Waals surface area contributed by atoms with Crippen LogP contribution in [-0.2, 0) is 5.41 Å². The molecule has 0 fully saturated rings. The van der Waals surface area contributed by atoms with Crippen molar-refractivity contribution in [3.05, 3.63) is 143 Å². The zero-order chi connectivity index (χ0) is 32.2. The van der Waals surface area contributed by atoms with Crippen LogP contribution in [0.5, 0.6) is 23.0 Å². The number of hydrogen-bond acceptors (Lipinski definition) is 6. The molecule has 0 unspecified atom stereocenters. The molecule has 4 aromatic rings. The fraction of sp³-hybridized carbons (Fsp3) is 0.135. The summed E-state index contributed by atoms with van der Waals surface area (Å²) in [5.74, 6) is 0.508. The number of allylic oxidation sites excluding steroid dienone is 2. The van der Waals surface area contributed by atoms with E-state index in [9.17, 15) is 19.2 Å². The Morgan fingerprint density at radius 3 is 1.16 bits per heavy atom. The normalized spacial score (nSPS) is 14.0. The molecular formula is C37H30N2O6. The molecule has 45 heavy (non-hydrogen) atoms. The number of imide groups is 2. The third-order valence-electron chi connectivity index (χ3n) is 8.10. The van der Waals surface area contributed by atoms with Crippen LogP contribution in [0.15, 0.2) is 109 Å². The van der Waals surface area contributed by atoms with E-state index < -0.39 is 11.8 Å². The van der Waals surface area contributed by atoms with E-state index in [-0.39, 0.29) is 17.2 Å². The highest BCUT2D eigenvalue weighted by Crippen LogP contribution is 2.36. The summed E-state index contributed by atoms with van der Waals surface area (Å²) >= 11 is 0. The van der Waals surface area contributed by atoms with Crippen molar-refractivity contribution in [1.29, 1.82) is 0 Å². The number of carbonyl (C=O) groups is 4. The van der Waals surface area contributed by atoms with Gasteiger partial charge in [-0.15, -0.1) is 0 Å². The molecule has 2 aliphatic rings. The van der Waals surface area contributed by atoms with Gasteiger partial charge >= 0.3 is 0 Å². The first-order chi connectivity index (χ1) is 21.4. The van der Waals surface area contributed by atoms with Crippen molar-refractivity contribution >= 4 is 23.6 Å². The SMILES string of the molecule is C=C(C)N1C(=O)c2ccc(Oc3ccc(C(C)(C)c4ccc(Oc5ccc6c(c5)C(=O)N(C(=C)C)C6=O)cc4)cc3)cc2C1=O. The Morgan fingerprint density at radius 2 is 0.822 bits per heavy atom. The molecule has 0 aliphatic carbocycles. The number of ether oxygens (including phenoxy) is 2. The third kappa shape index (κ3) is 5.00. The van der Waals surface area contributed by atoms with Gasteiger partial charge in [-0.05, 0) is 85.6 Å². The van der Waals surface area contributed by atoms with Crippen molar-refractivity contribution in [3.63, 3.8) is 0 Å². The van der Waals surface area contributed by atoms with Gasteiger partial charge in [0.2, 0.25) is 0 Å². The van der Waals surface area contributed by atoms with Crippen molar-refractivity contribution in [1.82, 2.24) is 9.80 Å². The molecule has 0 saturated heterocycles. The lowest BCUT2D eigenvalue weighted by molar-refractivity contribution is 0.0689. The second kappa shape index (κ2) is 10.7. The first kappa shape index (κ1) is 29.3. The lowest BCUT2D eigenvalue weighted by Crippen LogP contribution is -2.27. The van der Waals surface area contributed by atoms with Crippen LogP contribution in [-0.4, -0.2) is 33.4 Å². The molecule has 8 heteroatoms. The van der Waals surface area contributed by atoms with E-state index in [2.05, 4.69) is 27.0 Å². The van der Waals surface area contributed by atoms with Gasteiger partial charge in [-0.25, -0.2) is 9.80 Å². The van der Waals surface area contributed by atoms with E-state index in [0.717, 1.165) is 20.9 Å². The maximum absolute atomic E-state index is 12.7. The molecule has 0 bridgehead atoms. The number of nitrogens with zero attached hydrogens (tertiary/aromatic N) is 2. The summed E-state index contributed by atoms with van der Waals surface area (Å²) in [5.41, 5.74) is 3.74. The average molecular weight is 599 g/mol. The van der Waals surface area contributed by atoms with Crippen LogP contribution < -0.4 is 9.47 Å². The molecule has 6 rings (SSSR count). The molecule has 0 saturated carbocycles. The minimum Gasteiger partial charge on any atom is -0.457 e. The topological polar surface area (TPSA) is 93.2 Å². The first-order valence-corrected chi connectivity index (χ1v) is 14.3. The molecule has 0 atom stereocenters. The van der Waals surface area contributed by atoms with Crippen LogP contribution in [0.25, 0.3) is 0 Å². The molecule has 2 heterocycles. The predicted octanol–water partition coefficient (Wildman–Crippen LogP) is 7.86. The number of hydrogen-bond donors (Lipinski definition) is 0. The van der Waals surface area contributed by atoms with Gasteiger partial charge in [0, 0.05) is 16.8 Å². The highest BCUT2D eigenvalue weighted by atomic mass is 16.5. The van der Waals surface area contributed by atoms with Crippen LogP contribution in [0.2, 0.25) is 0 Å². The Kier molecular flexibility index (Phi) is 7.00. The Bertz CT molecular complexity index is 1810. The standard InChI is InChI=1S/C37H30N2O6/c1-21(2)38-33(40)29-17-15-27(19-31(29)35(38)42)44-25-11-7-23(8-12-25)37(5,6)24-9-13-26(14-10-24)45-28-16-18-30-32(20-28)36(43)39(22(3)4)34(30)41/h7-20H,1,3H2,2,4-6H3. The number of rotatable bonds is 8. The molecule has 224 valence electrons. The number of amides is 4. The Balaban J connectivity index is 1.14. The minimum absolute atomic E-state index is 0.292. The zero-order valence-electron chi connectivity index (χ0n) is 25.3. The number of fused-ring (bicyclic) bond motifs is 2. The summed E-state index contributed by atoms with van der Waals surface area (Å²) in [7, 11) is 0. The van der Waals surface area contributed by atoms with Crippen molar-refractivity contribution < 1.29 is 28.7 Å². The van der Waals surface area contributed by atoms with E-state index in [1.807, 2.05) is 48.5 Å². The lowest BCUT2D eigenvalue weighted by atomic mass is 9.78. The maximum atomic E-state index is 12.7. The van der Waals surface area contributed by atoms with E-state index >= 15 is 0 Å². The zero-order valence-corrected chi connectivity index (χ0v) is 25.3. The fourth-order valence-electron chi connectivity index (χ4n) is 5.58. The van der Waals surface area contributed by atoms with Gasteiger partial charge in [-0.3, -0.25) is 19.2 Å². The van der Waals surface area contributed by atoms with E-state index in [1.54, 1.807) is 50.2 Å². The van der Waals surface area contributed by atoms with E-state index in [0.29, 0.717) is 56.6 Å². The largest absolute Gasteiger partial charge is 0.457 e. The average Bonchev–Trinajstić information content (AvgIpc) is 3.41. The molecular weight excluding hydrogens is 568 g/mol. The monoisotopic (exact) mass is 598 g/mol. The number of carbonyl (C=O) groups excluding carboxylic acids is 4. The van der Waals surface area contributed by atoms with Crippen LogP contribution >= 0.6 is 0 Å². The van der Waals surface area contributed by atoms with E-state index in [4.69, 9.17) is 9.47 Å². The summed E-state index contributed by atoms with van der Waals surface area (Å²) < 4.78 is 12.0. The van der Waals surface area contributed by atoms with Crippen molar-refractivity contribution in [2.75, 3.05) is 0 Å². The van der Waals surface area contributed by atoms with Gasteiger partial charge in [0.05, 0.1) is 22.3 Å². The highest BCUT2D eigenvalue weighted by Gasteiger charge is 2.37. The third-order valence-corrected chi connectivity index (χ3v) is 8.10. The summed E-state index contributed by atoms with van der Waals surface area (Å²) in [6.07, 6.45) is 0. The van der Waals surface area contributed by atoms with Gasteiger partial charge in [0.15, 0.2) is 0 Å². The Morgan fingerprint density at radius 1 is 0.511 bits per heavy atom. The van der Waals surface area contributed by atoms with Crippen LogP contribution in [0.4, 0.5) is 0 Å². The summed E-state index contributed by atoms with van der Waals surface area (Å²) in [4.78, 5) is 52.6. The summed E-state index contributed by atoms with van der Waals surface area (Å²) in [6.45, 7) is 14.9. The van der Waals surface area contributed by atoms with Gasteiger partial charge in [0.25, 0.3) is 23.6 Å². The van der Waals surface area contributed by atoms with Crippen molar-refractivity contribution in [2.24, 2.45) is 0 Å². The Hall–Kier alpha value is -5.76. The molecule has 8 nitrogen and oxygen atoms in total. The second-order valence-corrected chi connectivity index (χ2v) is 11.7. The fourth-order valence-corrected chi connectivity index (χ4v) is 5.58. The van der Waals surface area contributed by atoms with Crippen molar-refractivity contribution in [2.45, 2.75) is 33.1 Å². The molecule has 4 amide bonds. The first-order valence-electron chi connectivity index (χ1n) is 14.3.